The second-order valence-electron chi connectivity index (χ2n) is 2.01. The summed E-state index contributed by atoms with van der Waals surface area (Å²) < 4.78 is 0. The number of likely N-dealkylation sites (tertiary alicyclic amines) is 1. The van der Waals surface area contributed by atoms with Crippen LogP contribution in [0.2, 0.25) is 0 Å². The molecule has 0 spiro atoms. The van der Waals surface area contributed by atoms with Crippen molar-refractivity contribution < 1.29 is 0 Å². The molecule has 1 aliphatic heterocycles. The third-order valence-corrected chi connectivity index (χ3v) is 1.33. The van der Waals surface area contributed by atoms with E-state index < -0.39 is 0 Å². The average molecular weight is 171 g/mol. The number of hydrogen-bond donors (Lipinski definition) is 0. The molecule has 0 aromatic rings. The van der Waals surface area contributed by atoms with Crippen LogP contribution >= 0.6 is 0 Å². The van der Waals surface area contributed by atoms with Gasteiger partial charge in [0.1, 0.15) is 0 Å². The summed E-state index contributed by atoms with van der Waals surface area (Å²) in [5.41, 5.74) is 0. The lowest BCUT2D eigenvalue weighted by molar-refractivity contribution is 0.418. The summed E-state index contributed by atoms with van der Waals surface area (Å²) in [4.78, 5) is 2.36. The first kappa shape index (κ1) is 17.6. The Kier molecular flexibility index (Phi) is 32.8. The lowest BCUT2D eigenvalue weighted by Crippen LogP contribution is -2.10. The quantitative estimate of drug-likeness (QED) is 0.506. The minimum absolute atomic E-state index is 1.32. The van der Waals surface area contributed by atoms with Crippen molar-refractivity contribution in [3.8, 4) is 12.8 Å². The van der Waals surface area contributed by atoms with Gasteiger partial charge >= 0.3 is 0 Å². The maximum Gasteiger partial charge on any atom is -0.00213 e. The zero-order chi connectivity index (χ0) is 10.4. The van der Waals surface area contributed by atoms with E-state index in [4.69, 9.17) is 0 Å². The van der Waals surface area contributed by atoms with Gasteiger partial charge in [0.25, 0.3) is 0 Å². The van der Waals surface area contributed by atoms with Crippen LogP contribution in [0.15, 0.2) is 0 Å². The topological polar surface area (TPSA) is 3.24 Å². The average Bonchev–Trinajstić information content (AvgIpc) is 2.66. The first-order valence-corrected chi connectivity index (χ1v) is 4.91. The summed E-state index contributed by atoms with van der Waals surface area (Å²) in [6.45, 7) is 10.6. The molecule has 0 atom stereocenters. The molecule has 12 heavy (non-hydrogen) atoms. The molecule has 1 fully saturated rings. The van der Waals surface area contributed by atoms with E-state index in [1.54, 1.807) is 0 Å². The van der Waals surface area contributed by atoms with Crippen molar-refractivity contribution in [1.29, 1.82) is 0 Å². The van der Waals surface area contributed by atoms with Crippen molar-refractivity contribution in [3.63, 3.8) is 0 Å². The van der Waals surface area contributed by atoms with E-state index in [1.165, 1.54) is 25.9 Å². The van der Waals surface area contributed by atoms with E-state index >= 15 is 0 Å². The number of nitrogens with zero attached hydrogens (tertiary/aromatic N) is 1. The van der Waals surface area contributed by atoms with Gasteiger partial charge in [-0.3, -0.25) is 0 Å². The van der Waals surface area contributed by atoms with Crippen molar-refractivity contribution in [2.24, 2.45) is 0 Å². The van der Waals surface area contributed by atoms with E-state index in [0.717, 1.165) is 0 Å². The van der Waals surface area contributed by atoms with Gasteiger partial charge in [-0.25, -0.2) is 0 Å². The first-order chi connectivity index (χ1) is 5.89. The molecule has 0 N–H and O–H groups in total. The monoisotopic (exact) mass is 171 g/mol. The van der Waals surface area contributed by atoms with E-state index in [2.05, 4.69) is 24.8 Å². The largest absolute Gasteiger partial charge is 0.306 e. The summed E-state index contributed by atoms with van der Waals surface area (Å²) in [5, 5.41) is 0. The predicted molar refractivity (Wildman–Crippen MR) is 59.3 cm³/mol. The van der Waals surface area contributed by atoms with Gasteiger partial charge in [-0.05, 0) is 33.0 Å². The van der Waals surface area contributed by atoms with Gasteiger partial charge < -0.3 is 4.90 Å². The summed E-state index contributed by atoms with van der Waals surface area (Å²) in [6, 6.07) is 0. The third-order valence-electron chi connectivity index (χ3n) is 1.33. The van der Waals surface area contributed by atoms with Crippen molar-refractivity contribution in [2.75, 3.05) is 20.1 Å². The Morgan fingerprint density at radius 1 is 0.833 bits per heavy atom. The highest BCUT2D eigenvalue weighted by Crippen LogP contribution is 2.01. The minimum Gasteiger partial charge on any atom is -0.306 e. The van der Waals surface area contributed by atoms with Crippen LogP contribution < -0.4 is 0 Å². The highest BCUT2D eigenvalue weighted by Gasteiger charge is 2.03. The molecule has 1 heterocycles. The molecule has 1 aliphatic rings. The normalized spacial score (nSPS) is 13.9. The Labute approximate surface area is 79.2 Å². The maximum atomic E-state index is 4.00. The Balaban J connectivity index is -0.000000117. The lowest BCUT2D eigenvalue weighted by Gasteiger charge is -2.01. The SMILES string of the molecule is C#C.CC.CC.CN1CCCC1. The Bertz CT molecular complexity index is 60.6. The molecule has 0 unspecified atom stereocenters. The van der Waals surface area contributed by atoms with E-state index in [0.29, 0.717) is 0 Å². The zero-order valence-electron chi connectivity index (χ0n) is 9.43. The van der Waals surface area contributed by atoms with Crippen molar-refractivity contribution in [3.05, 3.63) is 0 Å². The Hall–Kier alpha value is -0.480. The van der Waals surface area contributed by atoms with Crippen molar-refractivity contribution >= 4 is 0 Å². The molecule has 0 bridgehead atoms. The Morgan fingerprint density at radius 2 is 1.08 bits per heavy atom. The number of rotatable bonds is 0. The highest BCUT2D eigenvalue weighted by atomic mass is 15.1. The molecule has 0 aliphatic carbocycles. The van der Waals surface area contributed by atoms with Crippen LogP contribution in [0.1, 0.15) is 40.5 Å². The molecule has 74 valence electrons. The van der Waals surface area contributed by atoms with Gasteiger partial charge in [0.15, 0.2) is 0 Å². The summed E-state index contributed by atoms with van der Waals surface area (Å²) >= 11 is 0. The minimum atomic E-state index is 1.32. The van der Waals surface area contributed by atoms with Crippen LogP contribution in [0.5, 0.6) is 0 Å². The Morgan fingerprint density at radius 3 is 1.17 bits per heavy atom. The zero-order valence-corrected chi connectivity index (χ0v) is 9.43. The number of terminal acetylenes is 1. The van der Waals surface area contributed by atoms with Gasteiger partial charge in [0.2, 0.25) is 0 Å². The second-order valence-corrected chi connectivity index (χ2v) is 2.01. The van der Waals surface area contributed by atoms with Crippen LogP contribution in [0.25, 0.3) is 0 Å². The molecule has 0 aromatic carbocycles. The fourth-order valence-corrected chi connectivity index (χ4v) is 0.875. The molecule has 1 rings (SSSR count). The highest BCUT2D eigenvalue weighted by molar-refractivity contribution is 4.59. The number of hydrogen-bond acceptors (Lipinski definition) is 1. The van der Waals surface area contributed by atoms with Crippen LogP contribution in [-0.2, 0) is 0 Å². The molecule has 0 aromatic heterocycles. The van der Waals surface area contributed by atoms with Crippen molar-refractivity contribution in [2.45, 2.75) is 40.5 Å². The molecule has 1 saturated heterocycles. The van der Waals surface area contributed by atoms with Gasteiger partial charge in [0, 0.05) is 0 Å². The summed E-state index contributed by atoms with van der Waals surface area (Å²) in [6.07, 6.45) is 10.8. The van der Waals surface area contributed by atoms with E-state index in [-0.39, 0.29) is 0 Å². The van der Waals surface area contributed by atoms with Gasteiger partial charge in [-0.2, -0.15) is 0 Å². The maximum absolute atomic E-state index is 4.00. The van der Waals surface area contributed by atoms with Crippen LogP contribution in [0.4, 0.5) is 0 Å². The second kappa shape index (κ2) is 22.4. The van der Waals surface area contributed by atoms with E-state index in [9.17, 15) is 0 Å². The third kappa shape index (κ3) is 16.3. The van der Waals surface area contributed by atoms with Gasteiger partial charge in [-0.15, -0.1) is 12.8 Å². The van der Waals surface area contributed by atoms with Crippen LogP contribution in [0, 0.1) is 12.8 Å². The van der Waals surface area contributed by atoms with Gasteiger partial charge in [0.05, 0.1) is 0 Å². The molecular formula is C11H25N. The van der Waals surface area contributed by atoms with Gasteiger partial charge in [-0.1, -0.05) is 27.7 Å². The predicted octanol–water partition coefficient (Wildman–Crippen LogP) is 3.01. The summed E-state index contributed by atoms with van der Waals surface area (Å²) in [7, 11) is 2.17. The molecule has 0 saturated carbocycles. The molecule has 1 heteroatoms. The molecule has 0 radical (unpaired) electrons. The lowest BCUT2D eigenvalue weighted by atomic mass is 10.4. The summed E-state index contributed by atoms with van der Waals surface area (Å²) in [5.74, 6) is 0. The molecular weight excluding hydrogens is 146 g/mol. The molecule has 1 nitrogen and oxygen atoms in total. The van der Waals surface area contributed by atoms with Crippen LogP contribution in [0.3, 0.4) is 0 Å². The first-order valence-electron chi connectivity index (χ1n) is 4.91. The standard InChI is InChI=1S/C5H11N.2C2H6.C2H2/c1-6-4-2-3-5-6;3*1-2/h2-5H2,1H3;2*1-2H3;1-2H. The smallest absolute Gasteiger partial charge is 0.00213 e. The van der Waals surface area contributed by atoms with E-state index in [1.807, 2.05) is 27.7 Å². The van der Waals surface area contributed by atoms with Crippen molar-refractivity contribution in [1.82, 2.24) is 4.90 Å². The van der Waals surface area contributed by atoms with Crippen LogP contribution in [-0.4, -0.2) is 25.0 Å². The fraction of sp³-hybridized carbons (Fsp3) is 0.818. The fourth-order valence-electron chi connectivity index (χ4n) is 0.875. The molecule has 0 amide bonds.